The molecule has 0 N–H and O–H groups in total. The Morgan fingerprint density at radius 1 is 1.12 bits per heavy atom. The van der Waals surface area contributed by atoms with Crippen LogP contribution in [0.25, 0.3) is 11.3 Å². The number of amides is 1. The van der Waals surface area contributed by atoms with Gasteiger partial charge < -0.3 is 4.90 Å². The molecule has 0 aliphatic carbocycles. The monoisotopic (exact) mass is 351 g/mol. The van der Waals surface area contributed by atoms with Gasteiger partial charge >= 0.3 is 0 Å². The lowest BCUT2D eigenvalue weighted by molar-refractivity contribution is -0.131. The largest absolute Gasteiger partial charge is 0.339 e. The minimum atomic E-state index is 0.173. The van der Waals surface area contributed by atoms with Crippen molar-refractivity contribution >= 4 is 17.2 Å². The Labute approximate surface area is 152 Å². The Hall–Kier alpha value is -2.53. The Bertz CT molecular complexity index is 802. The normalized spacial score (nSPS) is 10.6. The number of hydrogen-bond acceptors (Lipinski definition) is 4. The molecule has 25 heavy (non-hydrogen) atoms. The summed E-state index contributed by atoms with van der Waals surface area (Å²) in [6.45, 7) is 3.40. The molecule has 128 valence electrons. The Balaban J connectivity index is 1.57. The lowest BCUT2D eigenvalue weighted by atomic mass is 10.2. The standard InChI is InChI=1S/C20H21N3OS/c1-2-23(14-16-6-4-3-5-7-16)20(24)9-8-19-22-18(15-25-19)17-10-12-21-13-11-17/h3-7,10-13,15H,2,8-9,14H2,1H3. The molecular weight excluding hydrogens is 330 g/mol. The zero-order valence-corrected chi connectivity index (χ0v) is 15.1. The number of aryl methyl sites for hydroxylation is 1. The number of carbonyl (C=O) groups is 1. The van der Waals surface area contributed by atoms with E-state index in [1.165, 1.54) is 0 Å². The molecule has 0 saturated heterocycles. The van der Waals surface area contributed by atoms with Crippen LogP contribution in [0.3, 0.4) is 0 Å². The van der Waals surface area contributed by atoms with E-state index in [4.69, 9.17) is 0 Å². The smallest absolute Gasteiger partial charge is 0.223 e. The fraction of sp³-hybridized carbons (Fsp3) is 0.250. The average Bonchev–Trinajstić information content (AvgIpc) is 3.15. The van der Waals surface area contributed by atoms with Crippen molar-refractivity contribution in [2.75, 3.05) is 6.54 Å². The summed E-state index contributed by atoms with van der Waals surface area (Å²) in [6.07, 6.45) is 4.70. The van der Waals surface area contributed by atoms with Gasteiger partial charge in [-0.15, -0.1) is 11.3 Å². The molecule has 0 atom stereocenters. The van der Waals surface area contributed by atoms with Crippen molar-refractivity contribution in [3.05, 3.63) is 70.8 Å². The van der Waals surface area contributed by atoms with E-state index in [1.807, 2.05) is 47.5 Å². The first-order chi connectivity index (χ1) is 12.3. The van der Waals surface area contributed by atoms with Gasteiger partial charge in [0.2, 0.25) is 5.91 Å². The lowest BCUT2D eigenvalue weighted by Crippen LogP contribution is -2.30. The molecule has 5 heteroatoms. The predicted octanol–water partition coefficient (Wildman–Crippen LogP) is 4.19. The summed E-state index contributed by atoms with van der Waals surface area (Å²) in [5.74, 6) is 0.173. The SMILES string of the molecule is CCN(Cc1ccccc1)C(=O)CCc1nc(-c2ccncc2)cs1. The Morgan fingerprint density at radius 2 is 1.88 bits per heavy atom. The highest BCUT2D eigenvalue weighted by Gasteiger charge is 2.13. The van der Waals surface area contributed by atoms with Crippen molar-refractivity contribution in [1.82, 2.24) is 14.9 Å². The summed E-state index contributed by atoms with van der Waals surface area (Å²) >= 11 is 1.61. The highest BCUT2D eigenvalue weighted by atomic mass is 32.1. The first-order valence-corrected chi connectivity index (χ1v) is 9.30. The van der Waals surface area contributed by atoms with Gasteiger partial charge in [-0.05, 0) is 24.6 Å². The quantitative estimate of drug-likeness (QED) is 0.641. The highest BCUT2D eigenvalue weighted by Crippen LogP contribution is 2.22. The number of aromatic nitrogens is 2. The molecule has 0 aliphatic heterocycles. The van der Waals surface area contributed by atoms with E-state index in [0.29, 0.717) is 25.9 Å². The van der Waals surface area contributed by atoms with Gasteiger partial charge in [-0.1, -0.05) is 30.3 Å². The molecule has 0 saturated carbocycles. The fourth-order valence-electron chi connectivity index (χ4n) is 2.63. The van der Waals surface area contributed by atoms with Crippen LogP contribution in [-0.4, -0.2) is 27.3 Å². The van der Waals surface area contributed by atoms with Gasteiger partial charge in [-0.25, -0.2) is 4.98 Å². The van der Waals surface area contributed by atoms with Crippen LogP contribution in [0, 0.1) is 0 Å². The van der Waals surface area contributed by atoms with E-state index in [-0.39, 0.29) is 5.91 Å². The molecule has 2 heterocycles. The molecule has 0 radical (unpaired) electrons. The van der Waals surface area contributed by atoms with E-state index < -0.39 is 0 Å². The maximum atomic E-state index is 12.5. The molecule has 2 aromatic heterocycles. The van der Waals surface area contributed by atoms with E-state index in [1.54, 1.807) is 23.7 Å². The predicted molar refractivity (Wildman–Crippen MR) is 101 cm³/mol. The molecule has 0 fully saturated rings. The van der Waals surface area contributed by atoms with Gasteiger partial charge in [0.05, 0.1) is 10.7 Å². The van der Waals surface area contributed by atoms with Crippen LogP contribution < -0.4 is 0 Å². The zero-order chi connectivity index (χ0) is 17.5. The maximum Gasteiger partial charge on any atom is 0.223 e. The van der Waals surface area contributed by atoms with Gasteiger partial charge in [0.1, 0.15) is 0 Å². The Kier molecular flexibility index (Phi) is 5.90. The molecular formula is C20H21N3OS. The summed E-state index contributed by atoms with van der Waals surface area (Å²) in [5.41, 5.74) is 3.17. The van der Waals surface area contributed by atoms with Gasteiger partial charge in [0.15, 0.2) is 0 Å². The van der Waals surface area contributed by atoms with E-state index >= 15 is 0 Å². The number of pyridine rings is 1. The number of benzene rings is 1. The summed E-state index contributed by atoms with van der Waals surface area (Å²) in [7, 11) is 0. The van der Waals surface area contributed by atoms with Crippen LogP contribution in [0.2, 0.25) is 0 Å². The molecule has 1 amide bonds. The summed E-state index contributed by atoms with van der Waals surface area (Å²) in [5, 5.41) is 3.03. The number of nitrogens with zero attached hydrogens (tertiary/aromatic N) is 3. The van der Waals surface area contributed by atoms with Gasteiger partial charge in [0, 0.05) is 49.3 Å². The molecule has 0 aliphatic rings. The lowest BCUT2D eigenvalue weighted by Gasteiger charge is -2.20. The highest BCUT2D eigenvalue weighted by molar-refractivity contribution is 7.09. The van der Waals surface area contributed by atoms with Crippen LogP contribution in [0.15, 0.2) is 60.2 Å². The number of carbonyl (C=O) groups excluding carboxylic acids is 1. The Morgan fingerprint density at radius 3 is 2.60 bits per heavy atom. The average molecular weight is 351 g/mol. The van der Waals surface area contributed by atoms with Crippen molar-refractivity contribution < 1.29 is 4.79 Å². The second-order valence-electron chi connectivity index (χ2n) is 5.76. The van der Waals surface area contributed by atoms with E-state index in [0.717, 1.165) is 21.8 Å². The van der Waals surface area contributed by atoms with Crippen molar-refractivity contribution in [3.8, 4) is 11.3 Å². The first-order valence-electron chi connectivity index (χ1n) is 8.42. The number of thiazole rings is 1. The summed E-state index contributed by atoms with van der Waals surface area (Å²) < 4.78 is 0. The second kappa shape index (κ2) is 8.53. The van der Waals surface area contributed by atoms with Crippen molar-refractivity contribution in [3.63, 3.8) is 0 Å². The zero-order valence-electron chi connectivity index (χ0n) is 14.3. The first kappa shape index (κ1) is 17.3. The molecule has 1 aromatic carbocycles. The third-order valence-electron chi connectivity index (χ3n) is 4.03. The van der Waals surface area contributed by atoms with Crippen LogP contribution in [0.5, 0.6) is 0 Å². The number of hydrogen-bond donors (Lipinski definition) is 0. The molecule has 0 bridgehead atoms. The van der Waals surface area contributed by atoms with Crippen LogP contribution in [0.1, 0.15) is 23.9 Å². The summed E-state index contributed by atoms with van der Waals surface area (Å²) in [6, 6.07) is 14.0. The van der Waals surface area contributed by atoms with E-state index in [9.17, 15) is 4.79 Å². The van der Waals surface area contributed by atoms with Gasteiger partial charge in [-0.2, -0.15) is 0 Å². The topological polar surface area (TPSA) is 46.1 Å². The maximum absolute atomic E-state index is 12.5. The molecule has 0 spiro atoms. The van der Waals surface area contributed by atoms with Crippen LogP contribution >= 0.6 is 11.3 Å². The summed E-state index contributed by atoms with van der Waals surface area (Å²) in [4.78, 5) is 23.1. The van der Waals surface area contributed by atoms with Crippen molar-refractivity contribution in [2.24, 2.45) is 0 Å². The van der Waals surface area contributed by atoms with Crippen LogP contribution in [0.4, 0.5) is 0 Å². The van der Waals surface area contributed by atoms with Gasteiger partial charge in [0.25, 0.3) is 0 Å². The minimum absolute atomic E-state index is 0.173. The van der Waals surface area contributed by atoms with Gasteiger partial charge in [-0.3, -0.25) is 9.78 Å². The molecule has 0 unspecified atom stereocenters. The van der Waals surface area contributed by atoms with Crippen molar-refractivity contribution in [1.29, 1.82) is 0 Å². The molecule has 4 nitrogen and oxygen atoms in total. The van der Waals surface area contributed by atoms with Crippen molar-refractivity contribution in [2.45, 2.75) is 26.3 Å². The van der Waals surface area contributed by atoms with Crippen LogP contribution in [-0.2, 0) is 17.8 Å². The molecule has 3 aromatic rings. The fourth-order valence-corrected chi connectivity index (χ4v) is 3.44. The number of rotatable bonds is 7. The van der Waals surface area contributed by atoms with E-state index in [2.05, 4.69) is 22.1 Å². The molecule has 3 rings (SSSR count). The minimum Gasteiger partial charge on any atom is -0.339 e. The third-order valence-corrected chi connectivity index (χ3v) is 4.94. The third kappa shape index (κ3) is 4.73. The second-order valence-corrected chi connectivity index (χ2v) is 6.70.